The van der Waals surface area contributed by atoms with Crippen LogP contribution in [0.25, 0.3) is 0 Å². The summed E-state index contributed by atoms with van der Waals surface area (Å²) in [5.74, 6) is -0.276. The van der Waals surface area contributed by atoms with Gasteiger partial charge in [0.15, 0.2) is 0 Å². The number of hydrogen-bond donors (Lipinski definition) is 0. The Morgan fingerprint density at radius 1 is 1.65 bits per heavy atom. The summed E-state index contributed by atoms with van der Waals surface area (Å²) in [7, 11) is 0. The molecule has 0 aromatic carbocycles. The van der Waals surface area contributed by atoms with Crippen LogP contribution in [0.2, 0.25) is 0 Å². The standard InChI is InChI=1S/C12H16N4O/c1-4-16(8-9(2)6-13)12(17)11-5-10(3)15-14-7-11/h5,7,9H,4,8H2,1-3H3. The molecule has 0 aliphatic carbocycles. The highest BCUT2D eigenvalue weighted by atomic mass is 16.2. The molecule has 17 heavy (non-hydrogen) atoms. The topological polar surface area (TPSA) is 69.9 Å². The minimum absolute atomic E-state index is 0.104. The molecule has 0 aliphatic rings. The van der Waals surface area contributed by atoms with Gasteiger partial charge >= 0.3 is 0 Å². The largest absolute Gasteiger partial charge is 0.338 e. The van der Waals surface area contributed by atoms with Crippen LogP contribution in [-0.4, -0.2) is 34.1 Å². The summed E-state index contributed by atoms with van der Waals surface area (Å²) in [6, 6.07) is 3.83. The van der Waals surface area contributed by atoms with Gasteiger partial charge < -0.3 is 4.90 Å². The Labute approximate surface area is 101 Å². The first kappa shape index (κ1) is 13.1. The van der Waals surface area contributed by atoms with Gasteiger partial charge in [0.05, 0.1) is 29.4 Å². The van der Waals surface area contributed by atoms with Crippen molar-refractivity contribution < 1.29 is 4.79 Å². The number of rotatable bonds is 4. The highest BCUT2D eigenvalue weighted by Crippen LogP contribution is 2.07. The number of amides is 1. The van der Waals surface area contributed by atoms with E-state index in [-0.39, 0.29) is 11.8 Å². The summed E-state index contributed by atoms with van der Waals surface area (Å²) in [5, 5.41) is 16.3. The minimum atomic E-state index is -0.171. The summed E-state index contributed by atoms with van der Waals surface area (Å²) in [6.45, 7) is 6.49. The van der Waals surface area contributed by atoms with Crippen LogP contribution in [0.3, 0.4) is 0 Å². The molecule has 0 N–H and O–H groups in total. The quantitative estimate of drug-likeness (QED) is 0.787. The highest BCUT2D eigenvalue weighted by Gasteiger charge is 2.17. The van der Waals surface area contributed by atoms with E-state index < -0.39 is 0 Å². The molecular formula is C12H16N4O. The van der Waals surface area contributed by atoms with Gasteiger partial charge in [-0.2, -0.15) is 15.5 Å². The lowest BCUT2D eigenvalue weighted by Crippen LogP contribution is -2.34. The third-order valence-corrected chi connectivity index (χ3v) is 2.41. The van der Waals surface area contributed by atoms with Crippen LogP contribution in [0.5, 0.6) is 0 Å². The second kappa shape index (κ2) is 5.94. The van der Waals surface area contributed by atoms with E-state index in [2.05, 4.69) is 16.3 Å². The average Bonchev–Trinajstić information content (AvgIpc) is 2.34. The predicted octanol–water partition coefficient (Wildman–Crippen LogP) is 1.41. The molecule has 1 amide bonds. The number of nitrogens with zero attached hydrogens (tertiary/aromatic N) is 4. The first-order valence-corrected chi connectivity index (χ1v) is 5.56. The number of hydrogen-bond acceptors (Lipinski definition) is 4. The normalized spacial score (nSPS) is 11.6. The van der Waals surface area contributed by atoms with Crippen LogP contribution >= 0.6 is 0 Å². The Balaban J connectivity index is 2.83. The summed E-state index contributed by atoms with van der Waals surface area (Å²) in [5.41, 5.74) is 1.23. The van der Waals surface area contributed by atoms with Gasteiger partial charge in [-0.25, -0.2) is 0 Å². The van der Waals surface area contributed by atoms with E-state index in [1.807, 2.05) is 6.92 Å². The average molecular weight is 232 g/mol. The molecule has 0 saturated carbocycles. The van der Waals surface area contributed by atoms with Gasteiger partial charge in [-0.1, -0.05) is 0 Å². The molecule has 1 aromatic heterocycles. The molecule has 1 atom stereocenters. The third kappa shape index (κ3) is 3.52. The molecule has 90 valence electrons. The van der Waals surface area contributed by atoms with Gasteiger partial charge in [-0.15, -0.1) is 0 Å². The van der Waals surface area contributed by atoms with Crippen molar-refractivity contribution in [2.24, 2.45) is 5.92 Å². The van der Waals surface area contributed by atoms with Gasteiger partial charge in [-0.3, -0.25) is 4.79 Å². The number of nitriles is 1. The second-order valence-corrected chi connectivity index (χ2v) is 3.96. The van der Waals surface area contributed by atoms with Crippen molar-refractivity contribution in [2.75, 3.05) is 13.1 Å². The number of aryl methyl sites for hydroxylation is 1. The van der Waals surface area contributed by atoms with Gasteiger partial charge in [0, 0.05) is 13.1 Å². The first-order valence-electron chi connectivity index (χ1n) is 5.56. The maximum Gasteiger partial charge on any atom is 0.255 e. The van der Waals surface area contributed by atoms with Crippen LogP contribution in [0.4, 0.5) is 0 Å². The van der Waals surface area contributed by atoms with Crippen molar-refractivity contribution in [3.05, 3.63) is 23.5 Å². The fourth-order valence-corrected chi connectivity index (χ4v) is 1.50. The Bertz CT molecular complexity index is 438. The Kier molecular flexibility index (Phi) is 4.58. The van der Waals surface area contributed by atoms with Crippen molar-refractivity contribution in [2.45, 2.75) is 20.8 Å². The minimum Gasteiger partial charge on any atom is -0.338 e. The lowest BCUT2D eigenvalue weighted by Gasteiger charge is -2.21. The molecule has 0 spiro atoms. The summed E-state index contributed by atoms with van der Waals surface area (Å²) >= 11 is 0. The van der Waals surface area contributed by atoms with Crippen LogP contribution < -0.4 is 0 Å². The maximum atomic E-state index is 12.1. The smallest absolute Gasteiger partial charge is 0.255 e. The Morgan fingerprint density at radius 3 is 2.88 bits per heavy atom. The van der Waals surface area contributed by atoms with Gasteiger partial charge in [0.2, 0.25) is 0 Å². The molecule has 0 fully saturated rings. The molecular weight excluding hydrogens is 216 g/mol. The van der Waals surface area contributed by atoms with Crippen LogP contribution in [0.1, 0.15) is 29.9 Å². The molecule has 1 heterocycles. The van der Waals surface area contributed by atoms with Crippen LogP contribution in [-0.2, 0) is 0 Å². The maximum absolute atomic E-state index is 12.1. The highest BCUT2D eigenvalue weighted by molar-refractivity contribution is 5.93. The molecule has 1 aromatic rings. The van der Waals surface area contributed by atoms with Crippen molar-refractivity contribution in [3.63, 3.8) is 0 Å². The van der Waals surface area contributed by atoms with Gasteiger partial charge in [0.25, 0.3) is 5.91 Å². The number of carbonyl (C=O) groups excluding carboxylic acids is 1. The molecule has 0 saturated heterocycles. The van der Waals surface area contributed by atoms with E-state index in [0.717, 1.165) is 0 Å². The molecule has 0 bridgehead atoms. The van der Waals surface area contributed by atoms with Crippen LogP contribution in [0.15, 0.2) is 12.3 Å². The second-order valence-electron chi connectivity index (χ2n) is 3.96. The zero-order valence-corrected chi connectivity index (χ0v) is 10.3. The van der Waals surface area contributed by atoms with E-state index in [1.54, 1.807) is 24.8 Å². The summed E-state index contributed by atoms with van der Waals surface area (Å²) in [6.07, 6.45) is 1.45. The molecule has 5 nitrogen and oxygen atoms in total. The van der Waals surface area contributed by atoms with Gasteiger partial charge in [-0.05, 0) is 26.8 Å². The SMILES string of the molecule is CCN(CC(C)C#N)C(=O)c1cnnc(C)c1. The van der Waals surface area contributed by atoms with Gasteiger partial charge in [0.1, 0.15) is 0 Å². The number of carbonyl (C=O) groups is 1. The van der Waals surface area contributed by atoms with Crippen molar-refractivity contribution >= 4 is 5.91 Å². The summed E-state index contributed by atoms with van der Waals surface area (Å²) < 4.78 is 0. The fourth-order valence-electron chi connectivity index (χ4n) is 1.50. The van der Waals surface area contributed by atoms with E-state index >= 15 is 0 Å². The Hall–Kier alpha value is -1.96. The lowest BCUT2D eigenvalue weighted by molar-refractivity contribution is 0.0752. The monoisotopic (exact) mass is 232 g/mol. The van der Waals surface area contributed by atoms with E-state index in [9.17, 15) is 4.79 Å². The molecule has 0 aliphatic heterocycles. The fraction of sp³-hybridized carbons (Fsp3) is 0.500. The first-order chi connectivity index (χ1) is 8.08. The van der Waals surface area contributed by atoms with Crippen molar-refractivity contribution in [3.8, 4) is 6.07 Å². The predicted molar refractivity (Wildman–Crippen MR) is 63.1 cm³/mol. The Morgan fingerprint density at radius 2 is 2.35 bits per heavy atom. The zero-order valence-electron chi connectivity index (χ0n) is 10.3. The van der Waals surface area contributed by atoms with E-state index in [4.69, 9.17) is 5.26 Å². The van der Waals surface area contributed by atoms with E-state index in [0.29, 0.717) is 24.3 Å². The summed E-state index contributed by atoms with van der Waals surface area (Å²) in [4.78, 5) is 13.8. The molecule has 0 radical (unpaired) electrons. The lowest BCUT2D eigenvalue weighted by atomic mass is 10.1. The third-order valence-electron chi connectivity index (χ3n) is 2.41. The number of aromatic nitrogens is 2. The van der Waals surface area contributed by atoms with Crippen LogP contribution in [0, 0.1) is 24.2 Å². The molecule has 1 rings (SSSR count). The molecule has 1 unspecified atom stereocenters. The zero-order chi connectivity index (χ0) is 12.8. The van der Waals surface area contributed by atoms with Crippen molar-refractivity contribution in [1.29, 1.82) is 5.26 Å². The molecule has 5 heteroatoms. The van der Waals surface area contributed by atoms with E-state index in [1.165, 1.54) is 6.20 Å². The van der Waals surface area contributed by atoms with Crippen molar-refractivity contribution in [1.82, 2.24) is 15.1 Å².